The Labute approximate surface area is 877 Å². The van der Waals surface area contributed by atoms with E-state index in [-0.39, 0.29) is 48.7 Å². The van der Waals surface area contributed by atoms with E-state index < -0.39 is 52.5 Å². The van der Waals surface area contributed by atoms with Crippen LogP contribution in [0.4, 0.5) is 11.6 Å². The first-order valence-corrected chi connectivity index (χ1v) is 72.0. The Kier molecular flexibility index (Phi) is 47.0. The largest absolute Gasteiger partial charge is 0.392 e. The van der Waals surface area contributed by atoms with E-state index in [1.165, 1.54) is 307 Å². The molecule has 142 heavy (non-hydrogen) atoms. The van der Waals surface area contributed by atoms with Gasteiger partial charge in [-0.25, -0.2) is 39.2 Å². The molecule has 35 heteroatoms. The molecule has 6 aromatic rings. The lowest BCUT2D eigenvalue weighted by Gasteiger charge is -2.47. The van der Waals surface area contributed by atoms with Gasteiger partial charge >= 0.3 is 0 Å². The molecule has 14 atom stereocenters. The second kappa shape index (κ2) is 58.2. The van der Waals surface area contributed by atoms with Crippen molar-refractivity contribution in [2.75, 3.05) is 83.3 Å². The van der Waals surface area contributed by atoms with Crippen LogP contribution in [0.15, 0.2) is 86.0 Å². The van der Waals surface area contributed by atoms with Gasteiger partial charge in [-0.1, -0.05) is 336 Å². The maximum Gasteiger partial charge on any atom is 0.259 e. The maximum atomic E-state index is 12.9. The number of amides is 2. The summed E-state index contributed by atoms with van der Waals surface area (Å²) >= 11 is 21.3. The van der Waals surface area contributed by atoms with E-state index >= 15 is 0 Å². The van der Waals surface area contributed by atoms with Crippen LogP contribution in [0.5, 0.6) is 0 Å². The number of aromatic nitrogens is 8. The lowest BCUT2D eigenvalue weighted by Crippen LogP contribution is -2.51. The molecular formula is C107H176Cl4N15O10P3Si3. The molecule has 20 rings (SSSR count). The van der Waals surface area contributed by atoms with Crippen LogP contribution in [0.3, 0.4) is 0 Å². The highest BCUT2D eigenvalue weighted by Crippen LogP contribution is 2.64. The van der Waals surface area contributed by atoms with Crippen molar-refractivity contribution in [1.82, 2.24) is 63.5 Å². The first-order chi connectivity index (χ1) is 69.0. The fourth-order valence-electron chi connectivity index (χ4n) is 27.1. The fraction of sp³-hybridized carbons (Fsp3) is 0.776. The SMILES string of the molecule is CCN(CC)CC.CC[C@H]1O[C@@H](n2cnc3c(NC(=O)c4ccccc4)ncnc32)CC1O.CC[C@H]1O[C@@H](n2cnc3c(NC(=O)c4ccccc4)ncnc32)CC1OP1O[C@@H](C[Si](C)(C2CCCCC2)C2CCCCC2)[C@@H]2CCCCN21.CN1CCOCC1.C[Si](C[C@@H]1OP(Cl)N2CCCC[C@@H]12)(C1CCCCC1)C1CCCCC1.C[Si](C[C@H](O)[C@@H]1CCCCN1)(C1CCCCC1)C1CCCCC1.ClP(Cl)Cl. The first kappa shape index (κ1) is 115. The molecule has 2 aromatic carbocycles. The zero-order chi connectivity index (χ0) is 100.0. The number of hydrogen-bond acceptors (Lipinski definition) is 21. The quantitative estimate of drug-likeness (QED) is 0.0249. The number of nitrogens with zero attached hydrogens (tertiary/aromatic N) is 12. The van der Waals surface area contributed by atoms with Gasteiger partial charge in [-0.2, -0.15) is 0 Å². The first-order valence-electron chi connectivity index (χ1n) is 56.1. The predicted octanol–water partition coefficient (Wildman–Crippen LogP) is 28.4. The smallest absolute Gasteiger partial charge is 0.259 e. The zero-order valence-corrected chi connectivity index (χ0v) is 96.2. The van der Waals surface area contributed by atoms with Gasteiger partial charge in [0.05, 0.1) is 92.8 Å². The molecule has 4 unspecified atom stereocenters. The van der Waals surface area contributed by atoms with Crippen molar-refractivity contribution in [1.29, 1.82) is 0 Å². The normalized spacial score (nSPS) is 28.1. The number of morpholine rings is 1. The number of ether oxygens (including phenoxy) is 3. The lowest BCUT2D eigenvalue weighted by molar-refractivity contribution is -0.0183. The van der Waals surface area contributed by atoms with Crippen molar-refractivity contribution in [2.24, 2.45) is 0 Å². The van der Waals surface area contributed by atoms with Crippen LogP contribution in [0.2, 0.25) is 71.0 Å². The zero-order valence-electron chi connectivity index (χ0n) is 87.5. The van der Waals surface area contributed by atoms with E-state index in [2.05, 4.69) is 119 Å². The number of imidazole rings is 2. The Bertz CT molecular complexity index is 4590. The summed E-state index contributed by atoms with van der Waals surface area (Å²) in [4.78, 5) is 56.3. The lowest BCUT2D eigenvalue weighted by atomic mass is 9.99. The van der Waals surface area contributed by atoms with Crippen molar-refractivity contribution < 1.29 is 47.6 Å². The van der Waals surface area contributed by atoms with Crippen LogP contribution >= 0.6 is 67.1 Å². The topological polar surface area (TPSA) is 266 Å². The number of anilines is 2. The Balaban J connectivity index is 0.000000148. The fourth-order valence-corrected chi connectivity index (χ4v) is 49.6. The molecule has 6 saturated carbocycles. The van der Waals surface area contributed by atoms with Gasteiger partial charge in [-0.05, 0) is 171 Å². The molecule has 794 valence electrons. The number of hydrogen-bond donors (Lipinski definition) is 5. The van der Waals surface area contributed by atoms with Gasteiger partial charge in [-0.15, -0.1) is 0 Å². The van der Waals surface area contributed by atoms with Gasteiger partial charge in [0.15, 0.2) is 39.9 Å². The minimum atomic E-state index is -1.56. The molecule has 5 N–H and O–H groups in total. The van der Waals surface area contributed by atoms with Crippen LogP contribution in [0.1, 0.15) is 344 Å². The third-order valence-corrected chi connectivity index (χ3v) is 58.1. The number of likely N-dealkylation sites (N-methyl/N-ethyl adjacent to an activating group) is 1. The van der Waals surface area contributed by atoms with Crippen molar-refractivity contribution in [3.05, 3.63) is 97.1 Å². The Morgan fingerprint density at radius 1 is 0.500 bits per heavy atom. The number of aliphatic hydroxyl groups is 2. The molecule has 12 heterocycles. The number of aliphatic hydroxyl groups excluding tert-OH is 2. The van der Waals surface area contributed by atoms with Gasteiger partial charge in [0.1, 0.15) is 25.1 Å². The number of piperidine rings is 3. The highest BCUT2D eigenvalue weighted by atomic mass is 36.0. The third kappa shape index (κ3) is 31.0. The Hall–Kier alpha value is -2.94. The molecule has 0 spiro atoms. The van der Waals surface area contributed by atoms with Gasteiger partial charge in [0, 0.05) is 68.3 Å². The molecule has 14 aliphatic rings. The van der Waals surface area contributed by atoms with Gasteiger partial charge < -0.3 is 63.7 Å². The Morgan fingerprint density at radius 2 is 0.894 bits per heavy atom. The second-order valence-corrected chi connectivity index (χ2v) is 67.8. The van der Waals surface area contributed by atoms with Crippen molar-refractivity contribution in [3.8, 4) is 0 Å². The molecule has 8 aliphatic heterocycles. The second-order valence-electron chi connectivity index (χ2n) is 44.2. The summed E-state index contributed by atoms with van der Waals surface area (Å²) in [7, 11) is -4.12. The third-order valence-electron chi connectivity index (χ3n) is 35.6. The molecule has 4 aromatic heterocycles. The summed E-state index contributed by atoms with van der Waals surface area (Å²) in [5.74, 6) is -0.968. The van der Waals surface area contributed by atoms with Gasteiger partial charge in [0.25, 0.3) is 20.3 Å². The molecular weight excluding hydrogens is 1970 g/mol. The number of benzene rings is 2. The van der Waals surface area contributed by atoms with E-state index in [0.717, 1.165) is 85.5 Å². The van der Waals surface area contributed by atoms with Gasteiger partial charge in [-0.3, -0.25) is 18.7 Å². The van der Waals surface area contributed by atoms with E-state index in [0.29, 0.717) is 88.3 Å². The summed E-state index contributed by atoms with van der Waals surface area (Å²) in [5, 5.41) is 30.4. The summed E-state index contributed by atoms with van der Waals surface area (Å²) in [6.07, 6.45) is 63.9. The number of rotatable bonds is 26. The summed E-state index contributed by atoms with van der Waals surface area (Å²) in [6.45, 7) is 30.0. The van der Waals surface area contributed by atoms with E-state index in [1.807, 2.05) is 35.8 Å². The van der Waals surface area contributed by atoms with Crippen LogP contribution in [0, 0.1) is 0 Å². The number of carbonyl (C=O) groups is 2. The standard InChI is InChI=1S/C38H55N6O4PSi.C20H37ClNOPSi.C20H39NOSi.C18H19N5O3.C6H15N.C5H11NO.Cl3P/c1-3-31-32(23-34(46-31)43-26-41-35-36(39-25-40-37(35)43)42-38(45)27-15-7-4-8-16-27)47-49-44-22-14-13-21-30(44)33(48-49)24-50(2,28-17-9-5-10-18-28)29-19-11-6-12-20-29;1-25(17-10-4-2-5-11-17,18-12-6-3-7-13-18)16-20-19-14-8-9-15-22(19)24(21)23-20;1-23(17-10-4-2-5-11-17,18-12-6-3-7-13-18)16-20(22)19-14-8-9-15-21-19;1-2-13-12(24)8-14(26-13)23-10-21-15-16(19-9-20-17(15)23)22-18(25)11-6-4-3-5-7-11;1-4-7(5-2)6-3;1-6-2-4-7-5-3-6;1-4(2)3/h4,7-8,15-16,25-26,28-34H,3,5-6,9-14,17-24H2,1-2H3,(H,39,40,42,45);17-20H,2-16H2,1H3;17-22H,2-16H2,1H3;3-7,9-10,12-14,24H,2,8H2,1H3,(H,19,20,22,25);4-6H2,1-3H3;2-5H2,1H3;/t30-,31+,32?,33-,34+,49?;19-,20-,24?;19-,20-;12?,13-,14-;;;/m0001.../s1. The molecule has 6 aliphatic carbocycles. The number of halogens is 4. The van der Waals surface area contributed by atoms with E-state index in [1.54, 1.807) is 53.6 Å². The molecule has 14 fully saturated rings. The molecule has 25 nitrogen and oxygen atoms in total. The molecule has 0 radical (unpaired) electrons. The maximum absolute atomic E-state index is 12.9. The summed E-state index contributed by atoms with van der Waals surface area (Å²) in [6, 6.07) is 23.5. The number of nitrogens with one attached hydrogen (secondary N) is 3. The van der Waals surface area contributed by atoms with Crippen molar-refractivity contribution in [3.63, 3.8) is 0 Å². The van der Waals surface area contributed by atoms with Gasteiger partial charge in [0.2, 0.25) is 7.65 Å². The van der Waals surface area contributed by atoms with E-state index in [9.17, 15) is 19.8 Å². The number of carbonyl (C=O) groups excluding carboxylic acids is 2. The summed E-state index contributed by atoms with van der Waals surface area (Å²) < 4.78 is 47.3. The average Bonchev–Trinajstić information content (AvgIpc) is 1.64. The van der Waals surface area contributed by atoms with Crippen LogP contribution in [-0.4, -0.2) is 238 Å². The molecule has 8 saturated heterocycles. The van der Waals surface area contributed by atoms with Crippen LogP contribution < -0.4 is 16.0 Å². The number of fused-ring (bicyclic) bond motifs is 4. The monoisotopic (exact) mass is 2150 g/mol. The molecule has 0 bridgehead atoms. The van der Waals surface area contributed by atoms with Crippen LogP contribution in [0.25, 0.3) is 22.3 Å². The molecule has 2 amide bonds. The van der Waals surface area contributed by atoms with Crippen molar-refractivity contribution in [2.45, 2.75) is 455 Å². The average molecular weight is 2150 g/mol. The highest BCUT2D eigenvalue weighted by Gasteiger charge is 2.56. The van der Waals surface area contributed by atoms with E-state index in [4.69, 9.17) is 72.7 Å². The summed E-state index contributed by atoms with van der Waals surface area (Å²) in [5.41, 5.74) is 9.35. The predicted molar refractivity (Wildman–Crippen MR) is 594 cm³/mol. The minimum Gasteiger partial charge on any atom is -0.392 e. The van der Waals surface area contributed by atoms with Crippen LogP contribution in [-0.2, 0) is 27.8 Å². The Morgan fingerprint density at radius 3 is 1.29 bits per heavy atom. The minimum absolute atomic E-state index is 0.0472. The van der Waals surface area contributed by atoms with Crippen molar-refractivity contribution >= 4 is 137 Å². The highest BCUT2D eigenvalue weighted by molar-refractivity contribution is 8.20.